The van der Waals surface area contributed by atoms with E-state index in [1.54, 1.807) is 11.1 Å². The van der Waals surface area contributed by atoms with Crippen LogP contribution in [0.5, 0.6) is 5.75 Å². The molecular weight excluding hydrogens is 360 g/mol. The number of carboxylic acid groups (broad SMARTS) is 1. The van der Waals surface area contributed by atoms with Crippen LogP contribution in [-0.2, 0) is 13.1 Å². The Bertz CT molecular complexity index is 939. The molecule has 2 aliphatic heterocycles. The zero-order valence-electron chi connectivity index (χ0n) is 13.7. The summed E-state index contributed by atoms with van der Waals surface area (Å²) in [5.74, 6) is -2.69. The number of aromatic nitrogens is 2. The molecule has 2 aliphatic rings. The molecule has 10 heteroatoms. The number of amides is 1. The second kappa shape index (κ2) is 6.22. The van der Waals surface area contributed by atoms with E-state index in [0.29, 0.717) is 13.1 Å². The van der Waals surface area contributed by atoms with Crippen molar-refractivity contribution < 1.29 is 19.8 Å². The van der Waals surface area contributed by atoms with Gasteiger partial charge in [0.1, 0.15) is 16.7 Å². The normalized spacial score (nSPS) is 19.9. The monoisotopic (exact) mass is 376 g/mol. The van der Waals surface area contributed by atoms with Gasteiger partial charge in [0, 0.05) is 30.9 Å². The highest BCUT2D eigenvalue weighted by atomic mass is 32.1. The molecule has 4 heterocycles. The molecule has 0 bridgehead atoms. The third-order valence-electron chi connectivity index (χ3n) is 4.76. The third-order valence-corrected chi connectivity index (χ3v) is 5.52. The van der Waals surface area contributed by atoms with Gasteiger partial charge in [0.15, 0.2) is 11.4 Å². The van der Waals surface area contributed by atoms with Gasteiger partial charge in [0.05, 0.1) is 13.1 Å². The highest BCUT2D eigenvalue weighted by Gasteiger charge is 2.40. The van der Waals surface area contributed by atoms with Crippen LogP contribution in [0.4, 0.5) is 0 Å². The quantitative estimate of drug-likeness (QED) is 0.796. The molecule has 0 radical (unpaired) electrons. The van der Waals surface area contributed by atoms with E-state index in [-0.39, 0.29) is 18.4 Å². The first-order chi connectivity index (χ1) is 12.5. The summed E-state index contributed by atoms with van der Waals surface area (Å²) in [6.45, 7) is 2.16. The van der Waals surface area contributed by atoms with E-state index in [1.165, 1.54) is 15.9 Å². The van der Waals surface area contributed by atoms with Gasteiger partial charge in [-0.25, -0.2) is 9.78 Å². The fourth-order valence-corrected chi connectivity index (χ4v) is 4.20. The molecule has 1 saturated heterocycles. The van der Waals surface area contributed by atoms with Crippen LogP contribution >= 0.6 is 11.3 Å². The van der Waals surface area contributed by atoms with Gasteiger partial charge in [-0.15, -0.1) is 11.3 Å². The summed E-state index contributed by atoms with van der Waals surface area (Å²) in [6.07, 6.45) is 3.36. The Kier molecular flexibility index (Phi) is 4.00. The molecule has 26 heavy (non-hydrogen) atoms. The minimum atomic E-state index is -1.43. The van der Waals surface area contributed by atoms with Gasteiger partial charge < -0.3 is 19.7 Å². The number of hydrogen-bond donors (Lipinski definition) is 2. The van der Waals surface area contributed by atoms with Gasteiger partial charge in [0.2, 0.25) is 5.43 Å². The number of rotatable bonds is 3. The highest BCUT2D eigenvalue weighted by molar-refractivity contribution is 7.09. The van der Waals surface area contributed by atoms with Crippen molar-refractivity contribution in [3.05, 3.63) is 44.3 Å². The average molecular weight is 376 g/mol. The fraction of sp³-hybridized carbons (Fsp3) is 0.375. The number of carbonyl (C=O) groups excluding carboxylic acids is 1. The smallest absolute Gasteiger partial charge is 0.341 e. The minimum Gasteiger partial charge on any atom is -0.503 e. The van der Waals surface area contributed by atoms with Crippen molar-refractivity contribution in [1.29, 1.82) is 0 Å². The molecule has 2 aromatic heterocycles. The second-order valence-electron chi connectivity index (χ2n) is 6.26. The lowest BCUT2D eigenvalue weighted by Crippen LogP contribution is -2.60. The Morgan fingerprint density at radius 1 is 1.35 bits per heavy atom. The molecule has 1 atom stereocenters. The molecule has 4 rings (SSSR count). The predicted molar refractivity (Wildman–Crippen MR) is 91.3 cm³/mol. The molecule has 2 aromatic rings. The summed E-state index contributed by atoms with van der Waals surface area (Å²) in [4.78, 5) is 44.2. The highest BCUT2D eigenvalue weighted by Crippen LogP contribution is 2.29. The maximum absolute atomic E-state index is 12.9. The van der Waals surface area contributed by atoms with Crippen LogP contribution in [0.2, 0.25) is 0 Å². The lowest BCUT2D eigenvalue weighted by atomic mass is 10.1. The van der Waals surface area contributed by atoms with Crippen LogP contribution in [0, 0.1) is 0 Å². The predicted octanol–water partition coefficient (Wildman–Crippen LogP) is 0.396. The van der Waals surface area contributed by atoms with Gasteiger partial charge in [0.25, 0.3) is 5.91 Å². The molecule has 1 fully saturated rings. The van der Waals surface area contributed by atoms with E-state index < -0.39 is 28.6 Å². The number of aromatic hydroxyl groups is 1. The largest absolute Gasteiger partial charge is 0.503 e. The van der Waals surface area contributed by atoms with Crippen LogP contribution < -0.4 is 5.43 Å². The first-order valence-electron chi connectivity index (χ1n) is 8.10. The lowest BCUT2D eigenvalue weighted by Gasteiger charge is -2.46. The number of fused-ring (bicyclic) bond motifs is 2. The number of thiazole rings is 1. The van der Waals surface area contributed by atoms with E-state index in [4.69, 9.17) is 0 Å². The molecular formula is C16H16N4O5S. The van der Waals surface area contributed by atoms with Crippen LogP contribution in [-0.4, -0.2) is 60.7 Å². The van der Waals surface area contributed by atoms with Crippen LogP contribution in [0.25, 0.3) is 0 Å². The Balaban J connectivity index is 1.75. The molecule has 1 unspecified atom stereocenters. The number of aromatic carboxylic acids is 1. The van der Waals surface area contributed by atoms with E-state index >= 15 is 0 Å². The zero-order valence-corrected chi connectivity index (χ0v) is 14.5. The lowest BCUT2D eigenvalue weighted by molar-refractivity contribution is -0.0140. The van der Waals surface area contributed by atoms with Gasteiger partial charge in [-0.05, 0) is 6.42 Å². The number of carbonyl (C=O) groups is 2. The number of carboxylic acids is 1. The number of nitrogens with zero attached hydrogens (tertiary/aromatic N) is 4. The summed E-state index contributed by atoms with van der Waals surface area (Å²) in [5.41, 5.74) is -1.73. The molecule has 2 N–H and O–H groups in total. The molecule has 136 valence electrons. The summed E-state index contributed by atoms with van der Waals surface area (Å²) in [6, 6.07) is 0. The summed E-state index contributed by atoms with van der Waals surface area (Å²) in [7, 11) is 0. The Morgan fingerprint density at radius 2 is 2.15 bits per heavy atom. The minimum absolute atomic E-state index is 0.146. The van der Waals surface area contributed by atoms with Crippen molar-refractivity contribution in [2.45, 2.75) is 25.7 Å². The topological polar surface area (TPSA) is 116 Å². The van der Waals surface area contributed by atoms with Crippen LogP contribution in [0.3, 0.4) is 0 Å². The van der Waals surface area contributed by atoms with Crippen molar-refractivity contribution >= 4 is 23.2 Å². The molecule has 1 amide bonds. The maximum atomic E-state index is 12.9. The molecule has 0 aliphatic carbocycles. The molecule has 0 aromatic carbocycles. The second-order valence-corrected chi connectivity index (χ2v) is 7.23. The fourth-order valence-electron chi connectivity index (χ4n) is 3.56. The van der Waals surface area contributed by atoms with Gasteiger partial charge >= 0.3 is 5.97 Å². The van der Waals surface area contributed by atoms with E-state index in [9.17, 15) is 24.6 Å². The van der Waals surface area contributed by atoms with E-state index in [1.807, 2.05) is 5.38 Å². The van der Waals surface area contributed by atoms with Gasteiger partial charge in [-0.2, -0.15) is 0 Å². The van der Waals surface area contributed by atoms with Crippen LogP contribution in [0.15, 0.2) is 22.6 Å². The molecule has 9 nitrogen and oxygen atoms in total. The maximum Gasteiger partial charge on any atom is 0.341 e. The average Bonchev–Trinajstić information content (AvgIpc) is 3.11. The molecule has 0 saturated carbocycles. The van der Waals surface area contributed by atoms with E-state index in [0.717, 1.165) is 24.2 Å². The molecule has 0 spiro atoms. The van der Waals surface area contributed by atoms with Crippen LogP contribution in [0.1, 0.15) is 32.3 Å². The number of hydrogen-bond acceptors (Lipinski definition) is 7. The first kappa shape index (κ1) is 16.7. The van der Waals surface area contributed by atoms with Gasteiger partial charge in [-0.1, -0.05) is 0 Å². The zero-order chi connectivity index (χ0) is 18.4. The number of pyridine rings is 1. The summed E-state index contributed by atoms with van der Waals surface area (Å²) < 4.78 is 1.38. The van der Waals surface area contributed by atoms with Crippen molar-refractivity contribution in [3.63, 3.8) is 0 Å². The van der Waals surface area contributed by atoms with E-state index in [2.05, 4.69) is 9.88 Å². The summed E-state index contributed by atoms with van der Waals surface area (Å²) >= 11 is 1.53. The summed E-state index contributed by atoms with van der Waals surface area (Å²) in [5, 5.41) is 22.1. The van der Waals surface area contributed by atoms with Crippen molar-refractivity contribution in [3.8, 4) is 5.75 Å². The Morgan fingerprint density at radius 3 is 2.85 bits per heavy atom. The van der Waals surface area contributed by atoms with Crippen molar-refractivity contribution in [1.82, 2.24) is 19.4 Å². The van der Waals surface area contributed by atoms with Crippen molar-refractivity contribution in [2.24, 2.45) is 0 Å². The Labute approximate surface area is 151 Å². The standard InChI is InChI=1S/C16H16N4O5S/c21-13-9(16(24)25)6-19-8-11-18(7-10-17-2-5-26-10)3-1-4-20(11)15(23)12(19)14(13)22/h2,5-6,11,22H,1,3-4,7-8H2,(H,24,25). The third kappa shape index (κ3) is 2.58. The Hall–Kier alpha value is -2.72. The van der Waals surface area contributed by atoms with Gasteiger partial charge in [-0.3, -0.25) is 14.5 Å². The first-order valence-corrected chi connectivity index (χ1v) is 8.98. The van der Waals surface area contributed by atoms with Crippen molar-refractivity contribution in [2.75, 3.05) is 13.1 Å². The SMILES string of the molecule is O=C(O)c1cn2c(c(O)c1=O)C(=O)N1CCCN(Cc3nccs3)C1C2.